The lowest BCUT2D eigenvalue weighted by molar-refractivity contribution is 0.0948. The average molecular weight is 364 g/mol. The van der Waals surface area contributed by atoms with E-state index in [9.17, 15) is 4.79 Å². The van der Waals surface area contributed by atoms with Crippen molar-refractivity contribution in [1.82, 2.24) is 9.88 Å². The first-order valence-electron chi connectivity index (χ1n) is 8.08. The van der Waals surface area contributed by atoms with E-state index >= 15 is 0 Å². The number of nitrogens with one attached hydrogen (secondary N) is 1. The number of benzene rings is 1. The summed E-state index contributed by atoms with van der Waals surface area (Å²) in [6.07, 6.45) is 3.00. The molecule has 3 N–H and O–H groups in total. The van der Waals surface area contributed by atoms with Gasteiger partial charge in [-0.2, -0.15) is 0 Å². The summed E-state index contributed by atoms with van der Waals surface area (Å²) < 4.78 is 8.07. The predicted octanol–water partition coefficient (Wildman–Crippen LogP) is 3.01. The number of thiazole rings is 1. The van der Waals surface area contributed by atoms with Crippen LogP contribution >= 0.6 is 23.6 Å². The van der Waals surface area contributed by atoms with Gasteiger partial charge in [0.15, 0.2) is 3.95 Å². The summed E-state index contributed by atoms with van der Waals surface area (Å²) in [4.78, 5) is 12.9. The van der Waals surface area contributed by atoms with Crippen molar-refractivity contribution in [2.75, 3.05) is 18.9 Å². The molecule has 1 unspecified atom stereocenters. The zero-order chi connectivity index (χ0) is 16.9. The number of carbonyl (C=O) groups excluding carboxylic acids is 1. The van der Waals surface area contributed by atoms with Crippen molar-refractivity contribution in [3.05, 3.63) is 44.7 Å². The van der Waals surface area contributed by atoms with E-state index in [0.717, 1.165) is 25.9 Å². The third-order valence-electron chi connectivity index (χ3n) is 4.09. The van der Waals surface area contributed by atoms with Gasteiger partial charge in [-0.15, -0.1) is 0 Å². The number of hydrogen-bond acceptors (Lipinski definition) is 5. The normalized spacial score (nSPS) is 17.1. The summed E-state index contributed by atoms with van der Waals surface area (Å²) in [7, 11) is 0. The smallest absolute Gasteiger partial charge is 0.265 e. The molecule has 0 saturated carbocycles. The van der Waals surface area contributed by atoms with Crippen molar-refractivity contribution in [2.24, 2.45) is 0 Å². The Morgan fingerprint density at radius 2 is 2.21 bits per heavy atom. The minimum absolute atomic E-state index is 0.141. The van der Waals surface area contributed by atoms with Gasteiger partial charge in [-0.3, -0.25) is 4.79 Å². The van der Waals surface area contributed by atoms with Crippen LogP contribution in [0.1, 0.15) is 28.1 Å². The molecular formula is C17H21N3O2S2. The Balaban J connectivity index is 1.61. The second kappa shape index (κ2) is 7.92. The molecule has 0 bridgehead atoms. The summed E-state index contributed by atoms with van der Waals surface area (Å²) in [6.45, 7) is 1.98. The number of nitrogen functional groups attached to an aromatic ring is 1. The van der Waals surface area contributed by atoms with Gasteiger partial charge in [-0.1, -0.05) is 41.7 Å². The Hall–Kier alpha value is -1.70. The van der Waals surface area contributed by atoms with Gasteiger partial charge in [0, 0.05) is 13.2 Å². The number of amides is 1. The highest BCUT2D eigenvalue weighted by Gasteiger charge is 2.21. The molecule has 1 aliphatic heterocycles. The third kappa shape index (κ3) is 4.03. The Labute approximate surface area is 150 Å². The molecule has 0 spiro atoms. The number of rotatable bonds is 6. The first-order chi connectivity index (χ1) is 11.6. The van der Waals surface area contributed by atoms with Crippen LogP contribution in [0, 0.1) is 3.95 Å². The lowest BCUT2D eigenvalue weighted by Crippen LogP contribution is -2.26. The van der Waals surface area contributed by atoms with E-state index < -0.39 is 0 Å². The molecule has 1 aromatic heterocycles. The van der Waals surface area contributed by atoms with Crippen LogP contribution in [0.25, 0.3) is 0 Å². The Morgan fingerprint density at radius 1 is 1.42 bits per heavy atom. The highest BCUT2D eigenvalue weighted by atomic mass is 32.1. The lowest BCUT2D eigenvalue weighted by atomic mass is 10.1. The molecule has 5 nitrogen and oxygen atoms in total. The van der Waals surface area contributed by atoms with Crippen LogP contribution in [-0.4, -0.2) is 29.7 Å². The number of aromatic nitrogens is 1. The van der Waals surface area contributed by atoms with Gasteiger partial charge in [0.25, 0.3) is 5.91 Å². The van der Waals surface area contributed by atoms with Gasteiger partial charge < -0.3 is 20.4 Å². The monoisotopic (exact) mass is 363 g/mol. The molecular weight excluding hydrogens is 342 g/mol. The zero-order valence-corrected chi connectivity index (χ0v) is 15.0. The fourth-order valence-corrected chi connectivity index (χ4v) is 4.05. The standard InChI is InChI=1S/C17H21N3O2S2/c18-15-14(16(21)19-9-8-12-5-2-1-3-6-12)24-17(23)20(15)11-13-7-4-10-22-13/h1-3,5-6,13H,4,7-11,18H2,(H,19,21). The predicted molar refractivity (Wildman–Crippen MR) is 99.0 cm³/mol. The second-order valence-corrected chi connectivity index (χ2v) is 7.46. The lowest BCUT2D eigenvalue weighted by Gasteiger charge is -2.12. The van der Waals surface area contributed by atoms with E-state index in [-0.39, 0.29) is 12.0 Å². The molecule has 2 aromatic rings. The van der Waals surface area contributed by atoms with Crippen molar-refractivity contribution in [2.45, 2.75) is 31.9 Å². The van der Waals surface area contributed by atoms with Crippen molar-refractivity contribution in [3.63, 3.8) is 0 Å². The number of hydrogen-bond donors (Lipinski definition) is 2. The summed E-state index contributed by atoms with van der Waals surface area (Å²) >= 11 is 6.63. The Morgan fingerprint density at radius 3 is 2.92 bits per heavy atom. The van der Waals surface area contributed by atoms with Gasteiger partial charge in [-0.05, 0) is 37.0 Å². The van der Waals surface area contributed by atoms with E-state index in [1.54, 1.807) is 0 Å². The maximum absolute atomic E-state index is 12.4. The molecule has 1 aliphatic rings. The molecule has 24 heavy (non-hydrogen) atoms. The highest BCUT2D eigenvalue weighted by Crippen LogP contribution is 2.24. The second-order valence-electron chi connectivity index (χ2n) is 5.82. The molecule has 1 atom stereocenters. The highest BCUT2D eigenvalue weighted by molar-refractivity contribution is 7.73. The molecule has 1 aromatic carbocycles. The minimum atomic E-state index is -0.161. The van der Waals surface area contributed by atoms with Crippen molar-refractivity contribution < 1.29 is 9.53 Å². The molecule has 0 radical (unpaired) electrons. The molecule has 3 rings (SSSR count). The molecule has 128 valence electrons. The fourth-order valence-electron chi connectivity index (χ4n) is 2.79. The van der Waals surface area contributed by atoms with E-state index in [2.05, 4.69) is 5.32 Å². The molecule has 0 aliphatic carbocycles. The minimum Gasteiger partial charge on any atom is -0.384 e. The van der Waals surface area contributed by atoms with Crippen LogP contribution in [0.15, 0.2) is 30.3 Å². The van der Waals surface area contributed by atoms with E-state index in [1.807, 2.05) is 34.9 Å². The van der Waals surface area contributed by atoms with Crippen molar-refractivity contribution in [3.8, 4) is 0 Å². The van der Waals surface area contributed by atoms with Crippen LogP contribution < -0.4 is 11.1 Å². The quantitative estimate of drug-likeness (QED) is 0.774. The number of carbonyl (C=O) groups is 1. The first-order valence-corrected chi connectivity index (χ1v) is 9.30. The van der Waals surface area contributed by atoms with E-state index in [1.165, 1.54) is 16.9 Å². The van der Waals surface area contributed by atoms with Gasteiger partial charge in [-0.25, -0.2) is 0 Å². The zero-order valence-electron chi connectivity index (χ0n) is 13.4. The van der Waals surface area contributed by atoms with Crippen LogP contribution in [-0.2, 0) is 17.7 Å². The number of nitrogens with two attached hydrogens (primary N) is 1. The summed E-state index contributed by atoms with van der Waals surface area (Å²) in [6, 6.07) is 10.1. The molecule has 1 saturated heterocycles. The number of anilines is 1. The average Bonchev–Trinajstić information content (AvgIpc) is 3.19. The summed E-state index contributed by atoms with van der Waals surface area (Å²) in [5.41, 5.74) is 7.35. The molecule has 1 fully saturated rings. The molecule has 2 heterocycles. The number of ether oxygens (including phenoxy) is 1. The van der Waals surface area contributed by atoms with Crippen LogP contribution in [0.3, 0.4) is 0 Å². The van der Waals surface area contributed by atoms with Gasteiger partial charge >= 0.3 is 0 Å². The van der Waals surface area contributed by atoms with Gasteiger partial charge in [0.05, 0.1) is 12.6 Å². The number of nitrogens with zero attached hydrogens (tertiary/aromatic N) is 1. The fraction of sp³-hybridized carbons (Fsp3) is 0.412. The van der Waals surface area contributed by atoms with Crippen LogP contribution in [0.5, 0.6) is 0 Å². The largest absolute Gasteiger partial charge is 0.384 e. The van der Waals surface area contributed by atoms with E-state index in [0.29, 0.717) is 27.7 Å². The molecule has 1 amide bonds. The topological polar surface area (TPSA) is 69.3 Å². The van der Waals surface area contributed by atoms with Crippen molar-refractivity contribution >= 4 is 35.3 Å². The van der Waals surface area contributed by atoms with Crippen LogP contribution in [0.4, 0.5) is 5.82 Å². The first kappa shape index (κ1) is 17.1. The summed E-state index contributed by atoms with van der Waals surface area (Å²) in [5, 5.41) is 2.92. The maximum Gasteiger partial charge on any atom is 0.265 e. The van der Waals surface area contributed by atoms with Gasteiger partial charge in [0.1, 0.15) is 10.7 Å². The SMILES string of the molecule is Nc1c(C(=O)NCCc2ccccc2)sc(=S)n1CC1CCCO1. The van der Waals surface area contributed by atoms with E-state index in [4.69, 9.17) is 22.7 Å². The molecule has 7 heteroatoms. The van der Waals surface area contributed by atoms with Crippen molar-refractivity contribution in [1.29, 1.82) is 0 Å². The third-order valence-corrected chi connectivity index (χ3v) is 5.56. The Kier molecular flexibility index (Phi) is 5.65. The van der Waals surface area contributed by atoms with Gasteiger partial charge in [0.2, 0.25) is 0 Å². The summed E-state index contributed by atoms with van der Waals surface area (Å²) in [5.74, 6) is 0.281. The maximum atomic E-state index is 12.4. The Bertz CT molecular complexity index is 749. The van der Waals surface area contributed by atoms with Crippen LogP contribution in [0.2, 0.25) is 0 Å².